The molecule has 8 nitrogen and oxygen atoms in total. The van der Waals surface area contributed by atoms with Crippen LogP contribution in [0, 0.1) is 0 Å². The number of morpholine rings is 1. The lowest BCUT2D eigenvalue weighted by Gasteiger charge is -2.34. The van der Waals surface area contributed by atoms with Gasteiger partial charge in [0.2, 0.25) is 0 Å². The molecule has 1 saturated heterocycles. The monoisotopic (exact) mass is 434 g/mol. The lowest BCUT2D eigenvalue weighted by atomic mass is 10.0. The molecule has 0 amide bonds. The third kappa shape index (κ3) is 9.14. The van der Waals surface area contributed by atoms with Crippen molar-refractivity contribution in [3.63, 3.8) is 0 Å². The Balaban J connectivity index is 1.94. The van der Waals surface area contributed by atoms with Crippen molar-refractivity contribution in [1.29, 1.82) is 0 Å². The van der Waals surface area contributed by atoms with Crippen molar-refractivity contribution in [2.75, 3.05) is 60.2 Å². The number of nitrogens with one attached hydrogen (secondary N) is 2. The Kier molecular flexibility index (Phi) is 11.8. The molecule has 0 saturated carbocycles. The number of unbranched alkanes of at least 4 members (excludes halogenated alkanes) is 2. The summed E-state index contributed by atoms with van der Waals surface area (Å²) in [6, 6.07) is 8.44. The van der Waals surface area contributed by atoms with E-state index < -0.39 is 0 Å². The quantitative estimate of drug-likeness (QED) is 0.226. The number of esters is 1. The van der Waals surface area contributed by atoms with E-state index in [0.717, 1.165) is 70.4 Å². The second kappa shape index (κ2) is 14.6. The van der Waals surface area contributed by atoms with Gasteiger partial charge in [-0.1, -0.05) is 18.6 Å². The van der Waals surface area contributed by atoms with Gasteiger partial charge in [0.15, 0.2) is 5.96 Å². The van der Waals surface area contributed by atoms with Crippen molar-refractivity contribution in [2.24, 2.45) is 4.99 Å². The maximum atomic E-state index is 11.2. The SMILES string of the molecule is CCNC(=NCC(c1ccc(OC)cc1)N1CCOCC1)NCCCCCC(=O)OC. The van der Waals surface area contributed by atoms with Crippen LogP contribution in [0.2, 0.25) is 0 Å². The first kappa shape index (κ1) is 24.9. The molecular weight excluding hydrogens is 396 g/mol. The van der Waals surface area contributed by atoms with Gasteiger partial charge in [-0.25, -0.2) is 0 Å². The summed E-state index contributed by atoms with van der Waals surface area (Å²) in [5.74, 6) is 1.54. The van der Waals surface area contributed by atoms with Crippen LogP contribution in [0.25, 0.3) is 0 Å². The molecule has 31 heavy (non-hydrogen) atoms. The summed E-state index contributed by atoms with van der Waals surface area (Å²) in [6.45, 7) is 7.64. The van der Waals surface area contributed by atoms with Crippen LogP contribution < -0.4 is 15.4 Å². The lowest BCUT2D eigenvalue weighted by molar-refractivity contribution is -0.140. The maximum Gasteiger partial charge on any atom is 0.305 e. The summed E-state index contributed by atoms with van der Waals surface area (Å²) < 4.78 is 15.5. The fourth-order valence-corrected chi connectivity index (χ4v) is 3.55. The number of carbonyl (C=O) groups excluding carboxylic acids is 1. The molecule has 2 N–H and O–H groups in total. The molecule has 0 aromatic heterocycles. The van der Waals surface area contributed by atoms with E-state index in [9.17, 15) is 4.79 Å². The number of aliphatic imine (C=N–C) groups is 1. The third-order valence-electron chi connectivity index (χ3n) is 5.33. The molecule has 1 aliphatic rings. The van der Waals surface area contributed by atoms with Crippen LogP contribution >= 0.6 is 0 Å². The van der Waals surface area contributed by atoms with Gasteiger partial charge in [0, 0.05) is 32.6 Å². The van der Waals surface area contributed by atoms with Gasteiger partial charge in [0.1, 0.15) is 5.75 Å². The molecule has 1 heterocycles. The Morgan fingerprint density at radius 2 is 1.87 bits per heavy atom. The van der Waals surface area contributed by atoms with E-state index in [1.165, 1.54) is 12.7 Å². The molecule has 0 aliphatic carbocycles. The molecule has 1 atom stereocenters. The highest BCUT2D eigenvalue weighted by molar-refractivity contribution is 5.79. The Hall–Kier alpha value is -2.32. The van der Waals surface area contributed by atoms with Crippen LogP contribution in [0.3, 0.4) is 0 Å². The van der Waals surface area contributed by atoms with Crippen LogP contribution in [-0.2, 0) is 14.3 Å². The standard InChI is InChI=1S/C23H38N4O4/c1-4-24-23(25-13-7-5-6-8-22(28)30-3)26-18-21(27-14-16-31-17-15-27)19-9-11-20(29-2)12-10-19/h9-12,21H,4-8,13-18H2,1-3H3,(H2,24,25,26). The molecule has 8 heteroatoms. The number of guanidine groups is 1. The molecule has 1 aromatic carbocycles. The Morgan fingerprint density at radius 1 is 1.13 bits per heavy atom. The average Bonchev–Trinajstić information content (AvgIpc) is 2.82. The molecule has 2 rings (SSSR count). The predicted octanol–water partition coefficient (Wildman–Crippen LogP) is 2.36. The second-order valence-electron chi connectivity index (χ2n) is 7.47. The van der Waals surface area contributed by atoms with Gasteiger partial charge in [0.25, 0.3) is 0 Å². The van der Waals surface area contributed by atoms with Crippen molar-refractivity contribution in [3.8, 4) is 5.75 Å². The molecule has 1 aliphatic heterocycles. The minimum Gasteiger partial charge on any atom is -0.497 e. The van der Waals surface area contributed by atoms with Gasteiger partial charge in [-0.3, -0.25) is 14.7 Å². The fourth-order valence-electron chi connectivity index (χ4n) is 3.55. The topological polar surface area (TPSA) is 84.4 Å². The van der Waals surface area contributed by atoms with E-state index in [4.69, 9.17) is 14.5 Å². The largest absolute Gasteiger partial charge is 0.497 e. The Labute approximate surface area is 186 Å². The fraction of sp³-hybridized carbons (Fsp3) is 0.652. The van der Waals surface area contributed by atoms with Crippen molar-refractivity contribution in [2.45, 2.75) is 38.6 Å². The Morgan fingerprint density at radius 3 is 2.52 bits per heavy atom. The highest BCUT2D eigenvalue weighted by atomic mass is 16.5. The number of carbonyl (C=O) groups is 1. The summed E-state index contributed by atoms with van der Waals surface area (Å²) in [6.07, 6.45) is 3.28. The van der Waals surface area contributed by atoms with E-state index in [1.54, 1.807) is 7.11 Å². The Bertz CT molecular complexity index is 660. The first-order chi connectivity index (χ1) is 15.2. The summed E-state index contributed by atoms with van der Waals surface area (Å²) in [5.41, 5.74) is 1.23. The van der Waals surface area contributed by atoms with Crippen molar-refractivity contribution < 1.29 is 19.0 Å². The molecule has 1 unspecified atom stereocenters. The smallest absolute Gasteiger partial charge is 0.305 e. The third-order valence-corrected chi connectivity index (χ3v) is 5.33. The van der Waals surface area contributed by atoms with Gasteiger partial charge in [-0.15, -0.1) is 0 Å². The minimum atomic E-state index is -0.143. The predicted molar refractivity (Wildman–Crippen MR) is 123 cm³/mol. The molecule has 1 aromatic rings. The van der Waals surface area contributed by atoms with E-state index in [1.807, 2.05) is 12.1 Å². The van der Waals surface area contributed by atoms with E-state index >= 15 is 0 Å². The van der Waals surface area contributed by atoms with Crippen LogP contribution in [0.1, 0.15) is 44.2 Å². The van der Waals surface area contributed by atoms with Crippen LogP contribution in [0.5, 0.6) is 5.75 Å². The van der Waals surface area contributed by atoms with Crippen LogP contribution in [0.4, 0.5) is 0 Å². The van der Waals surface area contributed by atoms with Crippen molar-refractivity contribution >= 4 is 11.9 Å². The number of hydrogen-bond acceptors (Lipinski definition) is 6. The van der Waals surface area contributed by atoms with E-state index in [0.29, 0.717) is 13.0 Å². The number of ether oxygens (including phenoxy) is 3. The molecular formula is C23H38N4O4. The normalized spacial score (nSPS) is 15.9. The molecule has 1 fully saturated rings. The summed E-state index contributed by atoms with van der Waals surface area (Å²) >= 11 is 0. The first-order valence-electron chi connectivity index (χ1n) is 11.2. The zero-order valence-corrected chi connectivity index (χ0v) is 19.2. The van der Waals surface area contributed by atoms with Crippen molar-refractivity contribution in [1.82, 2.24) is 15.5 Å². The highest BCUT2D eigenvalue weighted by Crippen LogP contribution is 2.24. The van der Waals surface area contributed by atoms with E-state index in [-0.39, 0.29) is 12.0 Å². The van der Waals surface area contributed by atoms with Crippen molar-refractivity contribution in [3.05, 3.63) is 29.8 Å². The zero-order valence-electron chi connectivity index (χ0n) is 19.2. The number of methoxy groups -OCH3 is 2. The van der Waals surface area contributed by atoms with Crippen LogP contribution in [0.15, 0.2) is 29.3 Å². The van der Waals surface area contributed by atoms with Crippen LogP contribution in [-0.4, -0.2) is 77.0 Å². The maximum absolute atomic E-state index is 11.2. The van der Waals surface area contributed by atoms with Gasteiger partial charge in [-0.2, -0.15) is 0 Å². The summed E-state index contributed by atoms with van der Waals surface area (Å²) in [4.78, 5) is 18.5. The first-order valence-corrected chi connectivity index (χ1v) is 11.2. The van der Waals surface area contributed by atoms with E-state index in [2.05, 4.69) is 39.3 Å². The van der Waals surface area contributed by atoms with Gasteiger partial charge in [-0.05, 0) is 37.5 Å². The summed E-state index contributed by atoms with van der Waals surface area (Å²) in [7, 11) is 3.11. The zero-order chi connectivity index (χ0) is 22.3. The van der Waals surface area contributed by atoms with Gasteiger partial charge in [0.05, 0.1) is 40.0 Å². The number of rotatable bonds is 12. The number of hydrogen-bond donors (Lipinski definition) is 2. The minimum absolute atomic E-state index is 0.143. The van der Waals surface area contributed by atoms with Gasteiger partial charge < -0.3 is 24.8 Å². The number of benzene rings is 1. The number of nitrogens with zero attached hydrogens (tertiary/aromatic N) is 2. The lowest BCUT2D eigenvalue weighted by Crippen LogP contribution is -2.42. The highest BCUT2D eigenvalue weighted by Gasteiger charge is 2.22. The summed E-state index contributed by atoms with van der Waals surface area (Å²) in [5, 5.41) is 6.74. The average molecular weight is 435 g/mol. The molecule has 174 valence electrons. The molecule has 0 radical (unpaired) electrons. The molecule has 0 bridgehead atoms. The van der Waals surface area contributed by atoms with Gasteiger partial charge >= 0.3 is 5.97 Å². The molecule has 0 spiro atoms. The second-order valence-corrected chi connectivity index (χ2v) is 7.47.